The van der Waals surface area contributed by atoms with Crippen LogP contribution in [0.3, 0.4) is 0 Å². The van der Waals surface area contributed by atoms with Crippen LogP contribution in [0.5, 0.6) is 5.75 Å². The minimum atomic E-state index is -1.34. The highest BCUT2D eigenvalue weighted by atomic mass is 16.6. The van der Waals surface area contributed by atoms with Crippen LogP contribution in [-0.2, 0) is 34.3 Å². The fourth-order valence-corrected chi connectivity index (χ4v) is 7.16. The normalized spacial score (nSPS) is 20.5. The number of likely N-dealkylation sites (tertiary alicyclic amines) is 1. The molecule has 0 spiro atoms. The summed E-state index contributed by atoms with van der Waals surface area (Å²) in [6.07, 6.45) is -2.02. The fourth-order valence-electron chi connectivity index (χ4n) is 7.16. The number of amides is 4. The second-order valence-corrected chi connectivity index (χ2v) is 15.0. The number of hydrogen-bond donors (Lipinski definition) is 4. The Bertz CT molecular complexity index is 1760. The van der Waals surface area contributed by atoms with Gasteiger partial charge in [-0.2, -0.15) is 0 Å². The maximum Gasteiger partial charge on any atom is 0.408 e. The smallest absolute Gasteiger partial charge is 0.408 e. The average molecular weight is 737 g/mol. The summed E-state index contributed by atoms with van der Waals surface area (Å²) >= 11 is 0. The lowest BCUT2D eigenvalue weighted by molar-refractivity contribution is -0.137. The molecule has 2 fully saturated rings. The zero-order chi connectivity index (χ0) is 38.4. The van der Waals surface area contributed by atoms with Gasteiger partial charge in [-0.3, -0.25) is 14.5 Å². The minimum Gasteiger partial charge on any atom is -0.497 e. The third kappa shape index (κ3) is 10.1. The number of methoxy groups -OCH3 is 1. The number of fused-ring (bicyclic) bond motifs is 1. The molecule has 288 valence electrons. The van der Waals surface area contributed by atoms with E-state index in [2.05, 4.69) is 20.9 Å². The Morgan fingerprint density at radius 2 is 1.75 bits per heavy atom. The predicted molar refractivity (Wildman–Crippen MR) is 195 cm³/mol. The molecule has 2 saturated heterocycles. The van der Waals surface area contributed by atoms with E-state index in [9.17, 15) is 29.4 Å². The summed E-state index contributed by atoms with van der Waals surface area (Å²) < 4.78 is 12.5. The predicted octanol–water partition coefficient (Wildman–Crippen LogP) is 2.73. The minimum absolute atomic E-state index is 0.0140. The molecule has 16 heteroatoms. The Hall–Kier alpha value is -4.96. The molecule has 2 unspecified atom stereocenters. The number of carbonyl (C=O) groups is 4. The van der Waals surface area contributed by atoms with E-state index in [1.807, 2.05) is 49.5 Å². The molecule has 3 aromatic rings. The molecule has 0 radical (unpaired) electrons. The summed E-state index contributed by atoms with van der Waals surface area (Å²) in [5.41, 5.74) is 2.65. The summed E-state index contributed by atoms with van der Waals surface area (Å²) in [6, 6.07) is 11.3. The number of carboxylic acid groups (broad SMARTS) is 1. The van der Waals surface area contributed by atoms with Gasteiger partial charge in [-0.05, 0) is 88.3 Å². The lowest BCUT2D eigenvalue weighted by Crippen LogP contribution is -2.57. The molecule has 0 bridgehead atoms. The largest absolute Gasteiger partial charge is 0.497 e. The first kappa shape index (κ1) is 39.3. The number of aliphatic hydroxyl groups is 1. The number of aliphatic hydroxyl groups excluding tert-OH is 1. The maximum absolute atomic E-state index is 14.0. The lowest BCUT2D eigenvalue weighted by Gasteiger charge is -2.39. The van der Waals surface area contributed by atoms with E-state index in [-0.39, 0.29) is 62.8 Å². The van der Waals surface area contributed by atoms with Gasteiger partial charge in [-0.25, -0.2) is 14.3 Å². The van der Waals surface area contributed by atoms with E-state index in [4.69, 9.17) is 9.47 Å². The number of aryl methyl sites for hydroxylation is 1. The maximum atomic E-state index is 14.0. The monoisotopic (exact) mass is 736 g/mol. The van der Waals surface area contributed by atoms with Crippen LogP contribution in [0.2, 0.25) is 0 Å². The third-order valence-corrected chi connectivity index (χ3v) is 9.84. The molecule has 2 aromatic carbocycles. The van der Waals surface area contributed by atoms with Crippen LogP contribution >= 0.6 is 0 Å². The highest BCUT2D eigenvalue weighted by molar-refractivity contribution is 5.82. The van der Waals surface area contributed by atoms with Gasteiger partial charge >= 0.3 is 12.2 Å². The van der Waals surface area contributed by atoms with Crippen molar-refractivity contribution >= 4 is 35.0 Å². The van der Waals surface area contributed by atoms with Gasteiger partial charge in [0.2, 0.25) is 11.8 Å². The molecule has 5 rings (SSSR count). The highest BCUT2D eigenvalue weighted by Crippen LogP contribution is 2.30. The van der Waals surface area contributed by atoms with Gasteiger partial charge in [-0.1, -0.05) is 23.4 Å². The number of hydrogen-bond acceptors (Lipinski definition) is 10. The van der Waals surface area contributed by atoms with Crippen LogP contribution in [0, 0.1) is 5.92 Å². The Morgan fingerprint density at radius 1 is 1.04 bits per heavy atom. The van der Waals surface area contributed by atoms with Crippen molar-refractivity contribution in [1.29, 1.82) is 0 Å². The van der Waals surface area contributed by atoms with Crippen molar-refractivity contribution in [1.82, 2.24) is 40.3 Å². The molecule has 3 heterocycles. The van der Waals surface area contributed by atoms with Crippen molar-refractivity contribution in [3.05, 3.63) is 53.6 Å². The number of benzene rings is 2. The van der Waals surface area contributed by atoms with Crippen molar-refractivity contribution in [2.75, 3.05) is 33.3 Å². The number of rotatable bonds is 12. The van der Waals surface area contributed by atoms with Crippen LogP contribution in [-0.4, -0.2) is 127 Å². The van der Waals surface area contributed by atoms with Crippen LogP contribution < -0.4 is 15.4 Å². The van der Waals surface area contributed by atoms with E-state index in [1.165, 1.54) is 4.90 Å². The Morgan fingerprint density at radius 3 is 2.42 bits per heavy atom. The van der Waals surface area contributed by atoms with Crippen LogP contribution in [0.15, 0.2) is 42.5 Å². The van der Waals surface area contributed by atoms with Crippen LogP contribution in [0.25, 0.3) is 11.0 Å². The molecule has 5 atom stereocenters. The molecular formula is C37H52N8O8. The summed E-state index contributed by atoms with van der Waals surface area (Å²) in [4.78, 5) is 56.6. The molecule has 53 heavy (non-hydrogen) atoms. The van der Waals surface area contributed by atoms with Gasteiger partial charge < -0.3 is 40.1 Å². The first-order valence-corrected chi connectivity index (χ1v) is 18.0. The Kier molecular flexibility index (Phi) is 12.4. The average Bonchev–Trinajstić information content (AvgIpc) is 3.70. The van der Waals surface area contributed by atoms with Crippen molar-refractivity contribution in [2.24, 2.45) is 13.0 Å². The first-order chi connectivity index (χ1) is 25.1. The zero-order valence-electron chi connectivity index (χ0n) is 31.3. The molecule has 4 amide bonds. The molecule has 0 aliphatic carbocycles. The molecule has 2 aliphatic rings. The number of piperazine rings is 1. The van der Waals surface area contributed by atoms with E-state index in [0.717, 1.165) is 22.4 Å². The molecular weight excluding hydrogens is 684 g/mol. The van der Waals surface area contributed by atoms with Gasteiger partial charge in [0.05, 0.1) is 24.7 Å². The van der Waals surface area contributed by atoms with Crippen molar-refractivity contribution < 1.29 is 38.9 Å². The number of carbonyl (C=O) groups excluding carboxylic acids is 3. The van der Waals surface area contributed by atoms with Crippen molar-refractivity contribution in [3.63, 3.8) is 0 Å². The number of alkyl carbamates (subject to hydrolysis) is 1. The lowest BCUT2D eigenvalue weighted by atomic mass is 9.96. The van der Waals surface area contributed by atoms with Gasteiger partial charge in [0, 0.05) is 52.2 Å². The summed E-state index contributed by atoms with van der Waals surface area (Å²) in [5, 5.41) is 35.5. The zero-order valence-corrected chi connectivity index (χ0v) is 31.3. The van der Waals surface area contributed by atoms with Crippen LogP contribution in [0.1, 0.15) is 58.1 Å². The SMILES string of the molecule is COc1ccc(C[C@@H]2C[C@@H](C(=O)NCc3ccc4c(c3)nnn4C)N(C(O)C(CCC(=O)N3CCN(C(=O)O)C[C@@H]3C)NC(=O)OC(C)(C)C)C2)cc1. The second-order valence-electron chi connectivity index (χ2n) is 15.0. The van der Waals surface area contributed by atoms with Gasteiger partial charge in [-0.15, -0.1) is 5.10 Å². The molecule has 2 aliphatic heterocycles. The molecule has 16 nitrogen and oxygen atoms in total. The number of nitrogens with zero attached hydrogens (tertiary/aromatic N) is 6. The summed E-state index contributed by atoms with van der Waals surface area (Å²) in [5.74, 6) is 0.217. The number of aromatic nitrogens is 3. The van der Waals surface area contributed by atoms with Crippen molar-refractivity contribution in [3.8, 4) is 5.75 Å². The molecule has 1 aromatic heterocycles. The topological polar surface area (TPSA) is 192 Å². The summed E-state index contributed by atoms with van der Waals surface area (Å²) in [7, 11) is 3.41. The van der Waals surface area contributed by atoms with E-state index >= 15 is 0 Å². The Labute approximate surface area is 309 Å². The van der Waals surface area contributed by atoms with Crippen molar-refractivity contribution in [2.45, 2.75) is 89.9 Å². The molecule has 4 N–H and O–H groups in total. The van der Waals surface area contributed by atoms with Gasteiger partial charge in [0.1, 0.15) is 23.1 Å². The van der Waals surface area contributed by atoms with E-state index < -0.39 is 36.1 Å². The van der Waals surface area contributed by atoms with Gasteiger partial charge in [0.25, 0.3) is 0 Å². The number of nitrogens with one attached hydrogen (secondary N) is 2. The first-order valence-electron chi connectivity index (χ1n) is 18.0. The Balaban J connectivity index is 1.34. The van der Waals surface area contributed by atoms with Crippen LogP contribution in [0.4, 0.5) is 9.59 Å². The van der Waals surface area contributed by atoms with E-state index in [1.54, 1.807) is 49.3 Å². The fraction of sp³-hybridized carbons (Fsp3) is 0.568. The summed E-state index contributed by atoms with van der Waals surface area (Å²) in [6.45, 7) is 8.19. The van der Waals surface area contributed by atoms with E-state index in [0.29, 0.717) is 24.9 Å². The quantitative estimate of drug-likeness (QED) is 0.214. The second kappa shape index (κ2) is 16.8. The number of ether oxygens (including phenoxy) is 2. The van der Waals surface area contributed by atoms with Gasteiger partial charge in [0.15, 0.2) is 0 Å². The third-order valence-electron chi connectivity index (χ3n) is 9.84. The standard InChI is InChI=1S/C37H52N8O8/c1-23-21-43(36(50)51)15-16-44(23)32(46)14-12-28(39-35(49)53-37(2,3)4)34(48)45-22-26(17-24-7-10-27(52-6)11-8-24)19-31(45)33(47)38-20-25-9-13-30-29(18-25)40-41-42(30)5/h7-11,13,18,23,26,28,31,34,48H,12,14-17,19-22H2,1-6H3,(H,38,47)(H,39,49)(H,50,51)/t23-,26+,28?,31-,34?/m0/s1. The highest BCUT2D eigenvalue weighted by Gasteiger charge is 2.43. The molecule has 0 saturated carbocycles.